The van der Waals surface area contributed by atoms with Crippen LogP contribution in [0, 0.1) is 0 Å². The van der Waals surface area contributed by atoms with E-state index in [1.165, 1.54) is 0 Å². The number of hydrogen-bond donors (Lipinski definition) is 2. The smallest absolute Gasteiger partial charge is 0.371 e. The van der Waals surface area contributed by atoms with Gasteiger partial charge in [0.15, 0.2) is 0 Å². The summed E-state index contributed by atoms with van der Waals surface area (Å²) in [5.41, 5.74) is 0. The highest BCUT2D eigenvalue weighted by atomic mass is 32.2. The summed E-state index contributed by atoms with van der Waals surface area (Å²) in [6.45, 7) is 1.27. The first-order valence-corrected chi connectivity index (χ1v) is 9.56. The van der Waals surface area contributed by atoms with Gasteiger partial charge in [-0.05, 0) is 37.8 Å². The van der Waals surface area contributed by atoms with Crippen LogP contribution in [-0.2, 0) is 19.6 Å². The quantitative estimate of drug-likeness (QED) is 0.767. The maximum absolute atomic E-state index is 12.7. The zero-order valence-electron chi connectivity index (χ0n) is 13.5. The van der Waals surface area contributed by atoms with E-state index in [1.54, 1.807) is 0 Å². The van der Waals surface area contributed by atoms with E-state index in [4.69, 9.17) is 14.3 Å². The molecule has 9 nitrogen and oxygen atoms in total. The molecule has 2 N–H and O–H groups in total. The number of sulfonamides is 1. The van der Waals surface area contributed by atoms with Gasteiger partial charge in [-0.2, -0.15) is 4.31 Å². The fourth-order valence-electron chi connectivity index (χ4n) is 3.13. The zero-order chi connectivity index (χ0) is 18.0. The number of carbonyl (C=O) groups is 2. The van der Waals surface area contributed by atoms with Crippen LogP contribution in [0.1, 0.15) is 36.2 Å². The van der Waals surface area contributed by atoms with Crippen LogP contribution in [-0.4, -0.2) is 61.5 Å². The van der Waals surface area contributed by atoms with Crippen LogP contribution >= 0.6 is 0 Å². The Hall–Kier alpha value is -1.91. The fraction of sp³-hybridized carbons (Fsp3) is 0.600. The molecule has 0 bridgehead atoms. The number of ether oxygens (including phenoxy) is 1. The van der Waals surface area contributed by atoms with Crippen molar-refractivity contribution in [2.45, 2.75) is 42.9 Å². The Balaban J connectivity index is 1.75. The monoisotopic (exact) mass is 372 g/mol. The van der Waals surface area contributed by atoms with Gasteiger partial charge < -0.3 is 19.6 Å². The number of carbonyl (C=O) groups excluding carboxylic acids is 1. The SMILES string of the molecule is O=C(O)c1ccc(S(=O)(=O)N2CCCC2C(=O)NC2CCCOC2)o1. The van der Waals surface area contributed by atoms with Gasteiger partial charge in [0.1, 0.15) is 6.04 Å². The third-order valence-corrected chi connectivity index (χ3v) is 6.15. The van der Waals surface area contributed by atoms with Crippen molar-refractivity contribution < 1.29 is 32.3 Å². The molecule has 138 valence electrons. The maximum atomic E-state index is 12.7. The van der Waals surface area contributed by atoms with Crippen LogP contribution in [0.2, 0.25) is 0 Å². The standard InChI is InChI=1S/C15H20N2O7S/c18-14(16-10-3-2-8-23-9-10)11-4-1-7-17(11)25(21,22)13-6-5-12(24-13)15(19)20/h5-6,10-11H,1-4,7-9H2,(H,16,18)(H,19,20). The molecule has 0 radical (unpaired) electrons. The first-order chi connectivity index (χ1) is 11.9. The van der Waals surface area contributed by atoms with Gasteiger partial charge in [0.2, 0.25) is 16.8 Å². The van der Waals surface area contributed by atoms with Crippen LogP contribution in [0.25, 0.3) is 0 Å². The van der Waals surface area contributed by atoms with Crippen molar-refractivity contribution in [1.82, 2.24) is 9.62 Å². The van der Waals surface area contributed by atoms with Crippen molar-refractivity contribution in [1.29, 1.82) is 0 Å². The summed E-state index contributed by atoms with van der Waals surface area (Å²) in [4.78, 5) is 23.4. The van der Waals surface area contributed by atoms with Crippen LogP contribution < -0.4 is 5.32 Å². The summed E-state index contributed by atoms with van der Waals surface area (Å²) in [5, 5.41) is 11.2. The van der Waals surface area contributed by atoms with Crippen molar-refractivity contribution in [2.75, 3.05) is 19.8 Å². The highest BCUT2D eigenvalue weighted by Crippen LogP contribution is 2.27. The molecule has 0 spiro atoms. The average molecular weight is 372 g/mol. The molecule has 3 heterocycles. The molecular formula is C15H20N2O7S. The van der Waals surface area contributed by atoms with Crippen LogP contribution in [0.3, 0.4) is 0 Å². The Morgan fingerprint density at radius 2 is 2.04 bits per heavy atom. The predicted octanol–water partition coefficient (Wildman–Crippen LogP) is 0.426. The Labute approximate surface area is 145 Å². The van der Waals surface area contributed by atoms with Crippen LogP contribution in [0.5, 0.6) is 0 Å². The molecule has 2 aliphatic rings. The summed E-state index contributed by atoms with van der Waals surface area (Å²) in [7, 11) is -4.08. The van der Waals surface area contributed by atoms with E-state index in [-0.39, 0.29) is 18.5 Å². The molecule has 2 unspecified atom stereocenters. The van der Waals surface area contributed by atoms with E-state index in [1.807, 2.05) is 0 Å². The lowest BCUT2D eigenvalue weighted by molar-refractivity contribution is -0.125. The first-order valence-electron chi connectivity index (χ1n) is 8.12. The number of carboxylic acids is 1. The third-order valence-electron chi connectivity index (χ3n) is 4.37. The second-order valence-corrected chi connectivity index (χ2v) is 7.94. The minimum atomic E-state index is -4.08. The maximum Gasteiger partial charge on any atom is 0.371 e. The van der Waals surface area contributed by atoms with Gasteiger partial charge in [0.05, 0.1) is 12.6 Å². The molecule has 0 aliphatic carbocycles. The predicted molar refractivity (Wildman–Crippen MR) is 84.6 cm³/mol. The number of carboxylic acid groups (broad SMARTS) is 1. The lowest BCUT2D eigenvalue weighted by Crippen LogP contribution is -2.50. The van der Waals surface area contributed by atoms with Crippen molar-refractivity contribution in [2.24, 2.45) is 0 Å². The molecule has 0 aromatic carbocycles. The number of nitrogens with one attached hydrogen (secondary N) is 1. The number of furan rings is 1. The molecule has 10 heteroatoms. The molecule has 2 atom stereocenters. The molecule has 0 saturated carbocycles. The largest absolute Gasteiger partial charge is 0.475 e. The van der Waals surface area contributed by atoms with Gasteiger partial charge in [-0.25, -0.2) is 13.2 Å². The van der Waals surface area contributed by atoms with Crippen molar-refractivity contribution in [3.8, 4) is 0 Å². The molecule has 25 heavy (non-hydrogen) atoms. The van der Waals surface area contributed by atoms with Gasteiger partial charge in [-0.3, -0.25) is 4.79 Å². The van der Waals surface area contributed by atoms with E-state index >= 15 is 0 Å². The second-order valence-electron chi connectivity index (χ2n) is 6.12. The van der Waals surface area contributed by atoms with Gasteiger partial charge in [-0.15, -0.1) is 0 Å². The lowest BCUT2D eigenvalue weighted by atomic mass is 10.1. The number of nitrogens with zero attached hydrogens (tertiary/aromatic N) is 1. The molecule has 3 rings (SSSR count). The first kappa shape index (κ1) is 17.9. The van der Waals surface area contributed by atoms with Crippen molar-refractivity contribution in [3.05, 3.63) is 17.9 Å². The zero-order valence-corrected chi connectivity index (χ0v) is 14.3. The Bertz CT molecular complexity index is 752. The molecule has 2 aliphatic heterocycles. The van der Waals surface area contributed by atoms with Crippen molar-refractivity contribution in [3.63, 3.8) is 0 Å². The summed E-state index contributed by atoms with van der Waals surface area (Å²) < 4.78 is 36.7. The average Bonchev–Trinajstić information content (AvgIpc) is 3.26. The highest BCUT2D eigenvalue weighted by molar-refractivity contribution is 7.89. The van der Waals surface area contributed by atoms with E-state index in [0.717, 1.165) is 29.3 Å². The lowest BCUT2D eigenvalue weighted by Gasteiger charge is -2.27. The topological polar surface area (TPSA) is 126 Å². The van der Waals surface area contributed by atoms with Crippen molar-refractivity contribution >= 4 is 21.9 Å². The Morgan fingerprint density at radius 3 is 2.68 bits per heavy atom. The summed E-state index contributed by atoms with van der Waals surface area (Å²) in [6, 6.07) is 1.24. The molecule has 1 aromatic rings. The van der Waals surface area contributed by atoms with Gasteiger partial charge in [0.25, 0.3) is 10.0 Å². The molecular weight excluding hydrogens is 352 g/mol. The number of hydrogen-bond acceptors (Lipinski definition) is 6. The molecule has 2 saturated heterocycles. The van der Waals surface area contributed by atoms with E-state index in [0.29, 0.717) is 26.1 Å². The minimum Gasteiger partial charge on any atom is -0.475 e. The fourth-order valence-corrected chi connectivity index (χ4v) is 4.70. The minimum absolute atomic E-state index is 0.117. The van der Waals surface area contributed by atoms with Gasteiger partial charge >= 0.3 is 5.97 Å². The number of aromatic carboxylic acids is 1. The summed E-state index contributed by atoms with van der Waals surface area (Å²) >= 11 is 0. The Kier molecular flexibility index (Phi) is 5.11. The summed E-state index contributed by atoms with van der Waals surface area (Å²) in [5.74, 6) is -2.17. The molecule has 1 aromatic heterocycles. The Morgan fingerprint density at radius 1 is 1.24 bits per heavy atom. The van der Waals surface area contributed by atoms with Crippen LogP contribution in [0.15, 0.2) is 21.6 Å². The molecule has 2 fully saturated rings. The highest BCUT2D eigenvalue weighted by Gasteiger charge is 2.41. The van der Waals surface area contributed by atoms with Gasteiger partial charge in [0, 0.05) is 13.2 Å². The molecule has 1 amide bonds. The van der Waals surface area contributed by atoms with E-state index in [9.17, 15) is 18.0 Å². The van der Waals surface area contributed by atoms with Gasteiger partial charge in [-0.1, -0.05) is 0 Å². The van der Waals surface area contributed by atoms with E-state index in [2.05, 4.69) is 5.32 Å². The van der Waals surface area contributed by atoms with E-state index < -0.39 is 32.9 Å². The van der Waals surface area contributed by atoms with Crippen LogP contribution in [0.4, 0.5) is 0 Å². The third kappa shape index (κ3) is 3.70. The number of rotatable bonds is 5. The summed E-state index contributed by atoms with van der Waals surface area (Å²) in [6.07, 6.45) is 2.60. The number of amides is 1. The second kappa shape index (κ2) is 7.14. The normalized spacial score (nSPS) is 25.0.